The molecule has 1 atom stereocenters. The summed E-state index contributed by atoms with van der Waals surface area (Å²) in [5.74, 6) is -9.23. The first kappa shape index (κ1) is 32.9. The van der Waals surface area contributed by atoms with Gasteiger partial charge in [-0.15, -0.1) is 0 Å². The van der Waals surface area contributed by atoms with Crippen LogP contribution in [0.15, 0.2) is 66.7 Å². The summed E-state index contributed by atoms with van der Waals surface area (Å²) < 4.78 is 136. The Balaban J connectivity index is 1.96. The van der Waals surface area contributed by atoms with Crippen LogP contribution in [-0.4, -0.2) is 37.1 Å². The van der Waals surface area contributed by atoms with Crippen LogP contribution in [0.3, 0.4) is 0 Å². The van der Waals surface area contributed by atoms with Crippen molar-refractivity contribution in [2.75, 3.05) is 15.1 Å². The molecule has 3 aromatic rings. The highest BCUT2D eigenvalue weighted by molar-refractivity contribution is 14.1. The Morgan fingerprint density at radius 2 is 1.37 bits per heavy atom. The molecule has 0 N–H and O–H groups in total. The molecule has 0 heterocycles. The van der Waals surface area contributed by atoms with Gasteiger partial charge in [0.05, 0.1) is 34.1 Å². The molecular formula is C25H14F10I2N2O2. The molecule has 3 rings (SSSR count). The summed E-state index contributed by atoms with van der Waals surface area (Å²) in [5, 5.41) is 0. The predicted molar refractivity (Wildman–Crippen MR) is 145 cm³/mol. The smallest absolute Gasteiger partial charge is 0.311 e. The zero-order chi connectivity index (χ0) is 31.1. The summed E-state index contributed by atoms with van der Waals surface area (Å²) in [6, 6.07) is 11.3. The monoisotopic (exact) mass is 818 g/mol. The largest absolute Gasteiger partial charge is 0.457 e. The number of nitrogens with zero attached hydrogens (tertiary/aromatic N) is 2. The van der Waals surface area contributed by atoms with Crippen LogP contribution in [-0.2, 0) is 5.67 Å². The van der Waals surface area contributed by atoms with E-state index in [2.05, 4.69) is 0 Å². The summed E-state index contributed by atoms with van der Waals surface area (Å²) in [5.41, 5.74) is -8.62. The number of halogens is 12. The molecule has 3 aromatic carbocycles. The van der Waals surface area contributed by atoms with Crippen molar-refractivity contribution >= 4 is 68.6 Å². The molecule has 0 aliphatic rings. The average Bonchev–Trinajstić information content (AvgIpc) is 2.89. The van der Waals surface area contributed by atoms with E-state index in [1.807, 2.05) is 0 Å². The van der Waals surface area contributed by atoms with Crippen molar-refractivity contribution in [3.05, 3.63) is 92.8 Å². The van der Waals surface area contributed by atoms with E-state index in [9.17, 15) is 53.5 Å². The van der Waals surface area contributed by atoms with Gasteiger partial charge in [-0.1, -0.05) is 24.3 Å². The van der Waals surface area contributed by atoms with Gasteiger partial charge < -0.3 is 4.90 Å². The number of rotatable bonds is 6. The molecule has 220 valence electrons. The van der Waals surface area contributed by atoms with Crippen LogP contribution in [0, 0.1) is 9.39 Å². The SMILES string of the molecule is CN(C(=O)c1ccccc1F)c1cccc(C(=O)N(I)c2ccc(C(F)(C(F)(F)F)C(F)(F)C(F)(F)F)cc2I)c1. The number of carbonyl (C=O) groups excluding carboxylic acids is 2. The molecule has 2 amide bonds. The predicted octanol–water partition coefficient (Wildman–Crippen LogP) is 8.63. The van der Waals surface area contributed by atoms with E-state index in [-0.39, 0.29) is 34.6 Å². The highest BCUT2D eigenvalue weighted by Gasteiger charge is 2.81. The molecule has 0 spiro atoms. The van der Waals surface area contributed by atoms with E-state index < -0.39 is 50.7 Å². The zero-order valence-corrected chi connectivity index (χ0v) is 24.4. The lowest BCUT2D eigenvalue weighted by molar-refractivity contribution is -0.389. The van der Waals surface area contributed by atoms with E-state index in [1.54, 1.807) is 0 Å². The molecular weight excluding hydrogens is 804 g/mol. The van der Waals surface area contributed by atoms with Gasteiger partial charge in [0, 0.05) is 27.4 Å². The molecule has 16 heteroatoms. The van der Waals surface area contributed by atoms with Crippen molar-refractivity contribution in [3.8, 4) is 0 Å². The van der Waals surface area contributed by atoms with E-state index >= 15 is 0 Å². The normalized spacial score (nSPS) is 13.9. The quantitative estimate of drug-likeness (QED) is 0.142. The van der Waals surface area contributed by atoms with E-state index in [4.69, 9.17) is 0 Å². The Labute approximate surface area is 252 Å². The van der Waals surface area contributed by atoms with E-state index in [1.165, 1.54) is 95.0 Å². The van der Waals surface area contributed by atoms with Crippen LogP contribution in [0.2, 0.25) is 0 Å². The number of carbonyl (C=O) groups is 2. The van der Waals surface area contributed by atoms with Crippen molar-refractivity contribution < 1.29 is 53.5 Å². The number of alkyl halides is 9. The van der Waals surface area contributed by atoms with Crippen molar-refractivity contribution in [3.63, 3.8) is 0 Å². The fourth-order valence-electron chi connectivity index (χ4n) is 3.60. The second kappa shape index (κ2) is 11.6. The van der Waals surface area contributed by atoms with Crippen LogP contribution in [0.4, 0.5) is 55.3 Å². The molecule has 1 unspecified atom stereocenters. The Bertz CT molecular complexity index is 1480. The van der Waals surface area contributed by atoms with Crippen molar-refractivity contribution in [2.45, 2.75) is 23.9 Å². The maximum Gasteiger partial charge on any atom is 0.457 e. The van der Waals surface area contributed by atoms with Crippen molar-refractivity contribution in [1.29, 1.82) is 0 Å². The van der Waals surface area contributed by atoms with E-state index in [0.29, 0.717) is 6.07 Å². The minimum Gasteiger partial charge on any atom is -0.311 e. The Morgan fingerprint density at radius 1 is 0.756 bits per heavy atom. The third-order valence-electron chi connectivity index (χ3n) is 5.80. The Kier molecular flexibility index (Phi) is 9.27. The Morgan fingerprint density at radius 3 is 1.90 bits per heavy atom. The van der Waals surface area contributed by atoms with Crippen LogP contribution < -0.4 is 8.01 Å². The highest BCUT2D eigenvalue weighted by Crippen LogP contribution is 2.58. The minimum absolute atomic E-state index is 0.0842. The molecule has 41 heavy (non-hydrogen) atoms. The van der Waals surface area contributed by atoms with Gasteiger partial charge in [0.25, 0.3) is 11.8 Å². The standard InChI is InChI=1S/C25H14F10I2N2O2/c1-38(21(41)16-7-2-3-8-17(16)26)15-6-4-5-13(11-15)20(40)39(37)19-10-9-14(12-18(19)36)22(27,24(30,31)32)23(28,29)25(33,34)35/h2-12H,1H3. The molecule has 0 aliphatic heterocycles. The maximum atomic E-state index is 14.8. The van der Waals surface area contributed by atoms with Gasteiger partial charge in [-0.2, -0.15) is 35.1 Å². The van der Waals surface area contributed by atoms with Crippen molar-refractivity contribution in [2.24, 2.45) is 0 Å². The molecule has 4 nitrogen and oxygen atoms in total. The van der Waals surface area contributed by atoms with Crippen LogP contribution in [0.5, 0.6) is 0 Å². The molecule has 0 radical (unpaired) electrons. The third kappa shape index (κ3) is 5.98. The summed E-state index contributed by atoms with van der Waals surface area (Å²) in [7, 11) is 1.31. The number of hydrogen-bond acceptors (Lipinski definition) is 2. The molecule has 0 fully saturated rings. The number of anilines is 2. The van der Waals surface area contributed by atoms with Crippen molar-refractivity contribution in [1.82, 2.24) is 0 Å². The average molecular weight is 818 g/mol. The zero-order valence-electron chi connectivity index (χ0n) is 20.1. The fourth-order valence-corrected chi connectivity index (χ4v) is 5.52. The maximum absolute atomic E-state index is 14.8. The van der Waals surface area contributed by atoms with Crippen LogP contribution in [0.1, 0.15) is 26.3 Å². The van der Waals surface area contributed by atoms with Gasteiger partial charge in [0.1, 0.15) is 5.82 Å². The van der Waals surface area contributed by atoms with Gasteiger partial charge >= 0.3 is 23.9 Å². The fraction of sp³-hybridized carbons (Fsp3) is 0.200. The van der Waals surface area contributed by atoms with Gasteiger partial charge in [-0.3, -0.25) is 9.59 Å². The topological polar surface area (TPSA) is 40.6 Å². The molecule has 0 saturated carbocycles. The highest BCUT2D eigenvalue weighted by atomic mass is 127. The molecule has 0 saturated heterocycles. The Hall–Kier alpha value is -2.64. The summed E-state index contributed by atoms with van der Waals surface area (Å²) in [6.07, 6.45) is -13.5. The van der Waals surface area contributed by atoms with Crippen LogP contribution in [0.25, 0.3) is 0 Å². The lowest BCUT2D eigenvalue weighted by Gasteiger charge is -2.36. The first-order valence-electron chi connectivity index (χ1n) is 10.9. The second-order valence-electron chi connectivity index (χ2n) is 8.37. The first-order chi connectivity index (χ1) is 18.8. The second-order valence-corrected chi connectivity index (χ2v) is 10.5. The van der Waals surface area contributed by atoms with Gasteiger partial charge in [0.15, 0.2) is 0 Å². The van der Waals surface area contributed by atoms with Gasteiger partial charge in [-0.25, -0.2) is 11.9 Å². The first-order valence-corrected chi connectivity index (χ1v) is 12.9. The lowest BCUT2D eigenvalue weighted by atomic mass is 9.87. The molecule has 0 bridgehead atoms. The summed E-state index contributed by atoms with van der Waals surface area (Å²) in [4.78, 5) is 26.9. The minimum atomic E-state index is -6.88. The number of amides is 2. The molecule has 0 aromatic heterocycles. The third-order valence-corrected chi connectivity index (χ3v) is 7.63. The number of benzene rings is 3. The van der Waals surface area contributed by atoms with Gasteiger partial charge in [-0.05, 0) is 65.1 Å². The van der Waals surface area contributed by atoms with Gasteiger partial charge in [0.2, 0.25) is 0 Å². The van der Waals surface area contributed by atoms with Crippen LogP contribution >= 0.6 is 45.5 Å². The van der Waals surface area contributed by atoms with E-state index in [0.717, 1.165) is 14.1 Å². The lowest BCUT2D eigenvalue weighted by Crippen LogP contribution is -2.59. The molecule has 0 aliphatic carbocycles. The number of hydrogen-bond donors (Lipinski definition) is 0. The summed E-state index contributed by atoms with van der Waals surface area (Å²) >= 11 is 2.66. The summed E-state index contributed by atoms with van der Waals surface area (Å²) in [6.45, 7) is 0.